The van der Waals surface area contributed by atoms with Crippen LogP contribution in [-0.2, 0) is 4.79 Å². The molecule has 6 heteroatoms. The molecule has 0 saturated carbocycles. The number of aliphatic carboxylic acids is 1. The van der Waals surface area contributed by atoms with Crippen LogP contribution in [0.3, 0.4) is 0 Å². The largest absolute Gasteiger partial charge is 0.481 e. The monoisotopic (exact) mass is 291 g/mol. The summed E-state index contributed by atoms with van der Waals surface area (Å²) in [5.41, 5.74) is 0.808. The van der Waals surface area contributed by atoms with Gasteiger partial charge in [-0.15, -0.1) is 0 Å². The lowest BCUT2D eigenvalue weighted by Crippen LogP contribution is -2.36. The molecule has 1 N–H and O–H groups in total. The van der Waals surface area contributed by atoms with Gasteiger partial charge in [-0.1, -0.05) is 11.6 Å². The molecule has 3 rings (SSSR count). The predicted molar refractivity (Wildman–Crippen MR) is 77.1 cm³/mol. The maximum Gasteiger partial charge on any atom is 0.306 e. The summed E-state index contributed by atoms with van der Waals surface area (Å²) in [5, 5.41) is 10.6. The quantitative estimate of drug-likeness (QED) is 0.921. The molecule has 0 spiro atoms. The van der Waals surface area contributed by atoms with Gasteiger partial charge in [-0.2, -0.15) is 0 Å². The fourth-order valence-corrected chi connectivity index (χ4v) is 2.77. The van der Waals surface area contributed by atoms with Crippen molar-refractivity contribution in [3.63, 3.8) is 0 Å². The molecule has 0 amide bonds. The third-order valence-electron chi connectivity index (χ3n) is 3.72. The van der Waals surface area contributed by atoms with Gasteiger partial charge in [0.05, 0.1) is 11.4 Å². The molecule has 2 aromatic rings. The minimum atomic E-state index is -0.705. The lowest BCUT2D eigenvalue weighted by molar-refractivity contribution is -0.142. The summed E-state index contributed by atoms with van der Waals surface area (Å²) in [5.74, 6) is -0.0896. The molecular weight excluding hydrogens is 278 g/mol. The number of halogens is 1. The number of benzene rings is 1. The van der Waals surface area contributed by atoms with E-state index in [4.69, 9.17) is 16.7 Å². The zero-order chi connectivity index (χ0) is 14.1. The number of fused-ring (bicyclic) bond motifs is 1. The minimum Gasteiger partial charge on any atom is -0.481 e. The fraction of sp³-hybridized carbons (Fsp3) is 0.357. The van der Waals surface area contributed by atoms with Crippen LogP contribution in [-0.4, -0.2) is 34.1 Å². The molecule has 0 bridgehead atoms. The molecule has 20 heavy (non-hydrogen) atoms. The van der Waals surface area contributed by atoms with Crippen molar-refractivity contribution in [2.24, 2.45) is 5.92 Å². The van der Waals surface area contributed by atoms with Crippen molar-refractivity contribution in [2.75, 3.05) is 18.0 Å². The zero-order valence-electron chi connectivity index (χ0n) is 10.8. The molecule has 1 aromatic carbocycles. The third kappa shape index (κ3) is 2.41. The van der Waals surface area contributed by atoms with E-state index < -0.39 is 5.97 Å². The van der Waals surface area contributed by atoms with Crippen LogP contribution >= 0.6 is 11.6 Å². The van der Waals surface area contributed by atoms with Crippen molar-refractivity contribution in [2.45, 2.75) is 12.8 Å². The molecule has 0 unspecified atom stereocenters. The minimum absolute atomic E-state index is 0.242. The average Bonchev–Trinajstić information content (AvgIpc) is 2.46. The fourth-order valence-electron chi connectivity index (χ4n) is 2.61. The first kappa shape index (κ1) is 13.1. The summed E-state index contributed by atoms with van der Waals surface area (Å²) in [6.07, 6.45) is 2.82. The van der Waals surface area contributed by atoms with E-state index in [2.05, 4.69) is 14.9 Å². The molecule has 1 aromatic heterocycles. The molecule has 2 heterocycles. The topological polar surface area (TPSA) is 66.3 Å². The molecule has 0 radical (unpaired) electrons. The van der Waals surface area contributed by atoms with Crippen molar-refractivity contribution in [3.05, 3.63) is 29.5 Å². The second-order valence-corrected chi connectivity index (χ2v) is 5.39. The van der Waals surface area contributed by atoms with Crippen LogP contribution < -0.4 is 4.90 Å². The van der Waals surface area contributed by atoms with Gasteiger partial charge in [0.1, 0.15) is 12.1 Å². The van der Waals surface area contributed by atoms with Gasteiger partial charge in [0, 0.05) is 23.5 Å². The number of nitrogens with zero attached hydrogens (tertiary/aromatic N) is 3. The van der Waals surface area contributed by atoms with Gasteiger partial charge in [0.15, 0.2) is 0 Å². The highest BCUT2D eigenvalue weighted by Crippen LogP contribution is 2.28. The Bertz CT molecular complexity index is 654. The molecule has 0 aliphatic carbocycles. The Labute approximate surface area is 121 Å². The zero-order valence-corrected chi connectivity index (χ0v) is 11.5. The average molecular weight is 292 g/mol. The second kappa shape index (κ2) is 5.25. The smallest absolute Gasteiger partial charge is 0.306 e. The molecule has 1 aliphatic rings. The van der Waals surface area contributed by atoms with Gasteiger partial charge in [-0.05, 0) is 31.0 Å². The Kier molecular flexibility index (Phi) is 3.44. The SMILES string of the molecule is O=C(O)C1CCN(c2ncnc3cc(Cl)ccc23)CC1. The molecule has 5 nitrogen and oxygen atoms in total. The number of hydrogen-bond donors (Lipinski definition) is 1. The highest BCUT2D eigenvalue weighted by Gasteiger charge is 2.25. The van der Waals surface area contributed by atoms with E-state index in [0.29, 0.717) is 31.0 Å². The highest BCUT2D eigenvalue weighted by molar-refractivity contribution is 6.31. The van der Waals surface area contributed by atoms with Gasteiger partial charge in [-0.25, -0.2) is 9.97 Å². The summed E-state index contributed by atoms with van der Waals surface area (Å²) < 4.78 is 0. The number of anilines is 1. The standard InChI is InChI=1S/C14H14ClN3O2/c15-10-1-2-11-12(7-10)16-8-17-13(11)18-5-3-9(4-6-18)14(19)20/h1-2,7-9H,3-6H2,(H,19,20). The first-order chi connectivity index (χ1) is 9.65. The Morgan fingerprint density at radius 1 is 1.30 bits per heavy atom. The van der Waals surface area contributed by atoms with Crippen molar-refractivity contribution in [1.82, 2.24) is 9.97 Å². The van der Waals surface area contributed by atoms with E-state index in [1.807, 2.05) is 18.2 Å². The number of carboxylic acid groups (broad SMARTS) is 1. The highest BCUT2D eigenvalue weighted by atomic mass is 35.5. The van der Waals surface area contributed by atoms with E-state index in [1.165, 1.54) is 6.33 Å². The van der Waals surface area contributed by atoms with Gasteiger partial charge in [-0.3, -0.25) is 4.79 Å². The van der Waals surface area contributed by atoms with Gasteiger partial charge < -0.3 is 10.0 Å². The van der Waals surface area contributed by atoms with Crippen molar-refractivity contribution in [3.8, 4) is 0 Å². The molecule has 1 aliphatic heterocycles. The van der Waals surface area contributed by atoms with Gasteiger partial charge in [0.2, 0.25) is 0 Å². The first-order valence-corrected chi connectivity index (χ1v) is 6.91. The summed E-state index contributed by atoms with van der Waals surface area (Å²) in [7, 11) is 0. The summed E-state index contributed by atoms with van der Waals surface area (Å²) in [6.45, 7) is 1.40. The maximum atomic E-state index is 11.0. The molecular formula is C14H14ClN3O2. The first-order valence-electron chi connectivity index (χ1n) is 6.53. The van der Waals surface area contributed by atoms with Gasteiger partial charge in [0.25, 0.3) is 0 Å². The van der Waals surface area contributed by atoms with Crippen molar-refractivity contribution < 1.29 is 9.90 Å². The lowest BCUT2D eigenvalue weighted by Gasteiger charge is -2.31. The summed E-state index contributed by atoms with van der Waals surface area (Å²) >= 11 is 5.97. The molecule has 1 saturated heterocycles. The summed E-state index contributed by atoms with van der Waals surface area (Å²) in [6, 6.07) is 5.54. The van der Waals surface area contributed by atoms with Crippen LogP contribution in [0.15, 0.2) is 24.5 Å². The van der Waals surface area contributed by atoms with Crippen LogP contribution in [0.5, 0.6) is 0 Å². The van der Waals surface area contributed by atoms with E-state index in [1.54, 1.807) is 0 Å². The Balaban J connectivity index is 1.90. The number of carbonyl (C=O) groups is 1. The van der Waals surface area contributed by atoms with E-state index >= 15 is 0 Å². The van der Waals surface area contributed by atoms with Crippen molar-refractivity contribution >= 4 is 34.3 Å². The number of aromatic nitrogens is 2. The van der Waals surface area contributed by atoms with E-state index in [9.17, 15) is 4.79 Å². The van der Waals surface area contributed by atoms with E-state index in [0.717, 1.165) is 16.7 Å². The normalized spacial score (nSPS) is 16.6. The Morgan fingerprint density at radius 3 is 2.75 bits per heavy atom. The van der Waals surface area contributed by atoms with Gasteiger partial charge >= 0.3 is 5.97 Å². The van der Waals surface area contributed by atoms with Crippen LogP contribution in [0.4, 0.5) is 5.82 Å². The van der Waals surface area contributed by atoms with Crippen LogP contribution in [0, 0.1) is 5.92 Å². The molecule has 104 valence electrons. The lowest BCUT2D eigenvalue weighted by atomic mass is 9.97. The Hall–Kier alpha value is -1.88. The van der Waals surface area contributed by atoms with Crippen LogP contribution in [0.1, 0.15) is 12.8 Å². The Morgan fingerprint density at radius 2 is 2.05 bits per heavy atom. The van der Waals surface area contributed by atoms with Crippen LogP contribution in [0.2, 0.25) is 5.02 Å². The predicted octanol–water partition coefficient (Wildman–Crippen LogP) is 2.58. The number of carboxylic acids is 1. The maximum absolute atomic E-state index is 11.0. The summed E-state index contributed by atoms with van der Waals surface area (Å²) in [4.78, 5) is 21.7. The van der Waals surface area contributed by atoms with Crippen molar-refractivity contribution in [1.29, 1.82) is 0 Å². The number of piperidine rings is 1. The number of rotatable bonds is 2. The van der Waals surface area contributed by atoms with Crippen LogP contribution in [0.25, 0.3) is 10.9 Å². The molecule has 1 fully saturated rings. The second-order valence-electron chi connectivity index (χ2n) is 4.96. The van der Waals surface area contributed by atoms with E-state index in [-0.39, 0.29) is 5.92 Å². The number of hydrogen-bond acceptors (Lipinski definition) is 4. The third-order valence-corrected chi connectivity index (χ3v) is 3.96. The molecule has 0 atom stereocenters.